The molecule has 3 rings (SSSR count). The minimum absolute atomic E-state index is 0.0754. The monoisotopic (exact) mass is 453 g/mol. The van der Waals surface area contributed by atoms with Gasteiger partial charge < -0.3 is 30.1 Å². The number of anilines is 1. The van der Waals surface area contributed by atoms with E-state index in [1.54, 1.807) is 31.6 Å². The average molecular weight is 454 g/mol. The second kappa shape index (κ2) is 17.5. The number of para-hydroxylation sites is 1. The molecule has 8 heteroatoms. The van der Waals surface area contributed by atoms with Crippen molar-refractivity contribution in [1.29, 1.82) is 0 Å². The van der Waals surface area contributed by atoms with Crippen LogP contribution in [0.1, 0.15) is 21.5 Å². The van der Waals surface area contributed by atoms with Gasteiger partial charge in [0.2, 0.25) is 0 Å². The van der Waals surface area contributed by atoms with Gasteiger partial charge >= 0.3 is 0 Å². The van der Waals surface area contributed by atoms with Gasteiger partial charge in [0.25, 0.3) is 5.91 Å². The van der Waals surface area contributed by atoms with E-state index in [2.05, 4.69) is 15.6 Å². The number of rotatable bonds is 6. The smallest absolute Gasteiger partial charge is 0.251 e. The van der Waals surface area contributed by atoms with Crippen molar-refractivity contribution in [2.75, 3.05) is 26.0 Å². The van der Waals surface area contributed by atoms with E-state index >= 15 is 0 Å². The van der Waals surface area contributed by atoms with Crippen LogP contribution in [-0.2, 0) is 16.0 Å². The van der Waals surface area contributed by atoms with Crippen LogP contribution in [0.5, 0.6) is 11.5 Å². The van der Waals surface area contributed by atoms with Crippen LogP contribution in [0, 0.1) is 6.92 Å². The maximum absolute atomic E-state index is 12.0. The van der Waals surface area contributed by atoms with Gasteiger partial charge in [0.05, 0.1) is 25.2 Å². The number of aryl methyl sites for hydroxylation is 1. The minimum atomic E-state index is -0.0754. The maximum Gasteiger partial charge on any atom is 0.251 e. The Morgan fingerprint density at radius 1 is 1.03 bits per heavy atom. The van der Waals surface area contributed by atoms with E-state index in [9.17, 15) is 9.90 Å². The Morgan fingerprint density at radius 2 is 1.67 bits per heavy atom. The molecule has 0 fully saturated rings. The van der Waals surface area contributed by atoms with Gasteiger partial charge in [-0.05, 0) is 36.6 Å². The molecule has 0 saturated carbocycles. The highest BCUT2D eigenvalue weighted by Crippen LogP contribution is 2.15. The van der Waals surface area contributed by atoms with E-state index in [0.29, 0.717) is 18.5 Å². The predicted octanol–water partition coefficient (Wildman–Crippen LogP) is 3.44. The minimum Gasteiger partial charge on any atom is -0.508 e. The molecular weight excluding hydrogens is 422 g/mol. The highest BCUT2D eigenvalue weighted by Gasteiger charge is 2.07. The fraction of sp³-hybridized carbons (Fsp3) is 0.200. The highest BCUT2D eigenvalue weighted by molar-refractivity contribution is 5.95. The van der Waals surface area contributed by atoms with Crippen molar-refractivity contribution in [3.63, 3.8) is 0 Å². The molecule has 0 bridgehead atoms. The molecule has 0 spiro atoms. The number of methoxy groups -OCH3 is 1. The second-order valence-electron chi connectivity index (χ2n) is 6.31. The van der Waals surface area contributed by atoms with Gasteiger partial charge in [-0.2, -0.15) is 0 Å². The molecule has 3 aromatic rings. The lowest BCUT2D eigenvalue weighted by atomic mass is 10.1. The number of pyridine rings is 1. The molecule has 176 valence electrons. The summed E-state index contributed by atoms with van der Waals surface area (Å²) in [4.78, 5) is 31.9. The number of amides is 1. The topological polar surface area (TPSA) is 118 Å². The summed E-state index contributed by atoms with van der Waals surface area (Å²) in [5.41, 5.74) is 3.45. The number of aromatic nitrogens is 1. The molecule has 1 amide bonds. The van der Waals surface area contributed by atoms with Gasteiger partial charge in [-0.25, -0.2) is 0 Å². The molecule has 1 heterocycles. The first-order chi connectivity index (χ1) is 16.0. The number of carbonyl (C=O) groups is 3. The largest absolute Gasteiger partial charge is 0.508 e. The van der Waals surface area contributed by atoms with Gasteiger partial charge in [-0.1, -0.05) is 36.4 Å². The van der Waals surface area contributed by atoms with Crippen LogP contribution < -0.4 is 15.4 Å². The zero-order valence-corrected chi connectivity index (χ0v) is 19.2. The number of hydrogen-bond acceptors (Lipinski definition) is 7. The summed E-state index contributed by atoms with van der Waals surface area (Å²) < 4.78 is 4.95. The molecule has 3 N–H and O–H groups in total. The summed E-state index contributed by atoms with van der Waals surface area (Å²) in [6.07, 6.45) is 4.02. The summed E-state index contributed by atoms with van der Waals surface area (Å²) in [6, 6.07) is 16.5. The third kappa shape index (κ3) is 10.6. The van der Waals surface area contributed by atoms with Gasteiger partial charge in [0.15, 0.2) is 0 Å². The summed E-state index contributed by atoms with van der Waals surface area (Å²) in [6.45, 7) is 6.42. The zero-order valence-electron chi connectivity index (χ0n) is 19.2. The number of phenols is 1. The first-order valence-electron chi connectivity index (χ1n) is 9.90. The number of phenolic OH excluding ortho intramolecular Hbond substituents is 1. The third-order valence-electron chi connectivity index (χ3n) is 4.30. The van der Waals surface area contributed by atoms with E-state index in [1.807, 2.05) is 70.0 Å². The summed E-state index contributed by atoms with van der Waals surface area (Å²) in [5.74, 6) is 0.966. The number of benzene rings is 2. The molecule has 1 aromatic heterocycles. The molecule has 0 saturated heterocycles. The number of nitrogens with zero attached hydrogens (tertiary/aromatic N) is 1. The Kier molecular flexibility index (Phi) is 15.3. The van der Waals surface area contributed by atoms with Crippen molar-refractivity contribution >= 4 is 25.2 Å². The fourth-order valence-corrected chi connectivity index (χ4v) is 2.62. The van der Waals surface area contributed by atoms with Crippen molar-refractivity contribution in [3.05, 3.63) is 83.7 Å². The number of ether oxygens (including phenoxy) is 1. The van der Waals surface area contributed by atoms with Crippen molar-refractivity contribution in [1.82, 2.24) is 10.3 Å². The Balaban J connectivity index is 0.000000617. The fourth-order valence-electron chi connectivity index (χ4n) is 2.62. The lowest BCUT2D eigenvalue weighted by Gasteiger charge is -2.08. The molecular formula is C25H31N3O5. The van der Waals surface area contributed by atoms with Crippen LogP contribution in [0.3, 0.4) is 0 Å². The van der Waals surface area contributed by atoms with Crippen LogP contribution in [-0.4, -0.2) is 50.3 Å². The van der Waals surface area contributed by atoms with Crippen molar-refractivity contribution in [2.45, 2.75) is 13.3 Å². The van der Waals surface area contributed by atoms with Crippen LogP contribution in [0.25, 0.3) is 0 Å². The van der Waals surface area contributed by atoms with Crippen molar-refractivity contribution in [3.8, 4) is 11.5 Å². The van der Waals surface area contributed by atoms with Crippen LogP contribution in [0.2, 0.25) is 0 Å². The second-order valence-corrected chi connectivity index (χ2v) is 6.31. The zero-order chi connectivity index (χ0) is 25.1. The standard InChI is InChI=1S/C16H17NO2.C7H10N2O.2CH2O/c1-12-6-2-4-8-14(12)16(19)17-11-10-13-7-3-5-9-15(13)18;1-8-6-3-7(10-2)5-9-4-6;2*1-2/h2-9,18H,10-11H2,1H3,(H,17,19);3-5,8H,1-2H3;2*1H2. The van der Waals surface area contributed by atoms with Gasteiger partial charge in [0.1, 0.15) is 25.1 Å². The Hall–Kier alpha value is -4.20. The molecule has 0 atom stereocenters. The van der Waals surface area contributed by atoms with Gasteiger partial charge in [-0.15, -0.1) is 0 Å². The molecule has 0 radical (unpaired) electrons. The van der Waals surface area contributed by atoms with E-state index in [0.717, 1.165) is 22.6 Å². The average Bonchev–Trinajstić information content (AvgIpc) is 2.88. The molecule has 33 heavy (non-hydrogen) atoms. The van der Waals surface area contributed by atoms with E-state index in [-0.39, 0.29) is 11.7 Å². The normalized spacial score (nSPS) is 8.82. The van der Waals surface area contributed by atoms with Crippen LogP contribution in [0.15, 0.2) is 67.0 Å². The van der Waals surface area contributed by atoms with E-state index in [4.69, 9.17) is 14.3 Å². The van der Waals surface area contributed by atoms with E-state index < -0.39 is 0 Å². The van der Waals surface area contributed by atoms with Crippen LogP contribution >= 0.6 is 0 Å². The Bertz CT molecular complexity index is 945. The predicted molar refractivity (Wildman–Crippen MR) is 130 cm³/mol. The molecule has 0 aliphatic rings. The maximum atomic E-state index is 12.0. The molecule has 0 aliphatic carbocycles. The summed E-state index contributed by atoms with van der Waals surface area (Å²) in [5, 5.41) is 15.4. The molecule has 0 unspecified atom stereocenters. The first-order valence-corrected chi connectivity index (χ1v) is 9.90. The molecule has 8 nitrogen and oxygen atoms in total. The lowest BCUT2D eigenvalue weighted by molar-refractivity contribution is -0.0987. The quantitative estimate of drug-likeness (QED) is 0.523. The highest BCUT2D eigenvalue weighted by atomic mass is 16.5. The number of carbonyl (C=O) groups excluding carboxylic acids is 3. The molecule has 0 aliphatic heterocycles. The summed E-state index contributed by atoms with van der Waals surface area (Å²) in [7, 11) is 3.47. The first kappa shape index (κ1) is 28.8. The molecule has 2 aromatic carbocycles. The van der Waals surface area contributed by atoms with Crippen molar-refractivity contribution in [2.24, 2.45) is 0 Å². The number of aromatic hydroxyl groups is 1. The summed E-state index contributed by atoms with van der Waals surface area (Å²) >= 11 is 0. The third-order valence-corrected chi connectivity index (χ3v) is 4.30. The number of hydrogen-bond donors (Lipinski definition) is 3. The lowest BCUT2D eigenvalue weighted by Crippen LogP contribution is -2.26. The van der Waals surface area contributed by atoms with E-state index in [1.165, 1.54) is 0 Å². The Morgan fingerprint density at radius 3 is 2.27 bits per heavy atom. The number of nitrogens with one attached hydrogen (secondary N) is 2. The van der Waals surface area contributed by atoms with Crippen molar-refractivity contribution < 1.29 is 24.2 Å². The van der Waals surface area contributed by atoms with Crippen LogP contribution in [0.4, 0.5) is 5.69 Å². The Labute approximate surface area is 194 Å². The SMILES string of the molecule is C=O.C=O.CNc1cncc(OC)c1.Cc1ccccc1C(=O)NCCc1ccccc1O. The van der Waals surface area contributed by atoms with Gasteiger partial charge in [-0.3, -0.25) is 9.78 Å². The van der Waals surface area contributed by atoms with Gasteiger partial charge in [0, 0.05) is 25.2 Å².